The first-order valence-corrected chi connectivity index (χ1v) is 9.78. The molecule has 0 saturated heterocycles. The van der Waals surface area contributed by atoms with Crippen LogP contribution in [0.15, 0.2) is 58.8 Å². The Morgan fingerprint density at radius 1 is 1.10 bits per heavy atom. The molecule has 0 aliphatic rings. The van der Waals surface area contributed by atoms with E-state index in [1.807, 2.05) is 6.92 Å². The fourth-order valence-corrected chi connectivity index (χ4v) is 2.80. The van der Waals surface area contributed by atoms with Crippen molar-refractivity contribution >= 4 is 46.4 Å². The Bertz CT molecular complexity index is 1090. The molecule has 0 aliphatic heterocycles. The van der Waals surface area contributed by atoms with Crippen molar-refractivity contribution in [2.24, 2.45) is 9.98 Å². The number of aldehydes is 1. The third-order valence-electron chi connectivity index (χ3n) is 4.31. The van der Waals surface area contributed by atoms with E-state index >= 15 is 0 Å². The number of hydrogen-bond donors (Lipinski definition) is 2. The molecule has 0 amide bonds. The first-order valence-electron chi connectivity index (χ1n) is 9.40. The Morgan fingerprint density at radius 3 is 2.45 bits per heavy atom. The Kier molecular flexibility index (Phi) is 8.63. The number of benzene rings is 2. The summed E-state index contributed by atoms with van der Waals surface area (Å²) in [5, 5.41) is 6.00. The van der Waals surface area contributed by atoms with E-state index < -0.39 is 11.6 Å². The van der Waals surface area contributed by atoms with Crippen molar-refractivity contribution in [2.75, 3.05) is 17.7 Å². The van der Waals surface area contributed by atoms with Gasteiger partial charge in [0.15, 0.2) is 23.8 Å². The van der Waals surface area contributed by atoms with Crippen LogP contribution in [0.4, 0.5) is 20.2 Å². The van der Waals surface area contributed by atoms with Crippen molar-refractivity contribution in [1.82, 2.24) is 0 Å². The summed E-state index contributed by atoms with van der Waals surface area (Å²) in [6, 6.07) is 7.84. The molecule has 0 radical (unpaired) electrons. The molecule has 0 saturated carbocycles. The van der Waals surface area contributed by atoms with Crippen LogP contribution in [-0.4, -0.2) is 24.9 Å². The predicted octanol–water partition coefficient (Wildman–Crippen LogP) is 6.34. The smallest absolute Gasteiger partial charge is 0.182 e. The van der Waals surface area contributed by atoms with Gasteiger partial charge in [0.1, 0.15) is 0 Å². The lowest BCUT2D eigenvalue weighted by molar-refractivity contribution is 0.112. The van der Waals surface area contributed by atoms with Gasteiger partial charge in [-0.1, -0.05) is 17.7 Å². The van der Waals surface area contributed by atoms with Gasteiger partial charge in [0.2, 0.25) is 0 Å². The lowest BCUT2D eigenvalue weighted by atomic mass is 10.1. The molecule has 0 heterocycles. The average Bonchev–Trinajstić information content (AvgIpc) is 2.76. The highest BCUT2D eigenvalue weighted by molar-refractivity contribution is 6.45. The number of carbonyl (C=O) groups is 1. The van der Waals surface area contributed by atoms with E-state index in [9.17, 15) is 13.6 Å². The molecule has 5 nitrogen and oxygen atoms in total. The van der Waals surface area contributed by atoms with Crippen LogP contribution in [0.1, 0.15) is 36.7 Å². The molecule has 0 atom stereocenters. The number of halogens is 3. The summed E-state index contributed by atoms with van der Waals surface area (Å²) in [5.41, 5.74) is 2.14. The van der Waals surface area contributed by atoms with Gasteiger partial charge >= 0.3 is 0 Å². The fourth-order valence-electron chi connectivity index (χ4n) is 2.57. The molecule has 0 unspecified atom stereocenters. The second-order valence-corrected chi connectivity index (χ2v) is 6.91. The lowest BCUT2D eigenvalue weighted by Gasteiger charge is -2.10. The zero-order valence-corrected chi connectivity index (χ0v) is 18.4. The summed E-state index contributed by atoms with van der Waals surface area (Å²) in [6.45, 7) is 5.18. The normalized spacial score (nSPS) is 12.9. The van der Waals surface area contributed by atoms with Crippen LogP contribution in [0.5, 0.6) is 0 Å². The van der Waals surface area contributed by atoms with Gasteiger partial charge in [-0.25, -0.2) is 13.8 Å². The van der Waals surface area contributed by atoms with Crippen molar-refractivity contribution in [3.8, 4) is 0 Å². The van der Waals surface area contributed by atoms with Crippen LogP contribution in [-0.2, 0) is 0 Å². The molecular formula is C23H23ClF2N4O. The first kappa shape index (κ1) is 24.0. The monoisotopic (exact) mass is 444 g/mol. The number of hydrogen-bond acceptors (Lipinski definition) is 4. The molecule has 0 aliphatic carbocycles. The van der Waals surface area contributed by atoms with Crippen molar-refractivity contribution < 1.29 is 13.6 Å². The highest BCUT2D eigenvalue weighted by Crippen LogP contribution is 2.25. The maximum atomic E-state index is 14.3. The van der Waals surface area contributed by atoms with E-state index in [0.29, 0.717) is 39.7 Å². The standard InChI is InChI=1S/C23H23ClF2N4O/c1-5-10-28-23(30-17-7-6-16(13-31)19(24)11-17)15(3)29-12-14(2)18-8-9-20(27-4)22(26)21(18)25/h5-13,27H,1-4H3,(H,28,30)/b10-5-,14-12+,29-15+. The highest BCUT2D eigenvalue weighted by Gasteiger charge is 2.14. The SMILES string of the molecule is C\C=C/N=C(Nc1ccc(C=O)c(Cl)c1)\C(C)=N\C=C(/C)c1ccc(NC)c(F)c1F. The molecule has 2 rings (SSSR count). The number of nitrogens with zero attached hydrogens (tertiary/aromatic N) is 2. The van der Waals surface area contributed by atoms with E-state index in [2.05, 4.69) is 20.6 Å². The number of rotatable bonds is 7. The lowest BCUT2D eigenvalue weighted by Crippen LogP contribution is -2.20. The Labute approximate surface area is 185 Å². The quantitative estimate of drug-likeness (QED) is 0.297. The molecule has 2 aromatic carbocycles. The van der Waals surface area contributed by atoms with Crippen molar-refractivity contribution in [2.45, 2.75) is 20.8 Å². The minimum Gasteiger partial charge on any atom is -0.386 e. The average molecular weight is 445 g/mol. The topological polar surface area (TPSA) is 65.8 Å². The third-order valence-corrected chi connectivity index (χ3v) is 4.64. The Morgan fingerprint density at radius 2 is 1.84 bits per heavy atom. The molecule has 2 aromatic rings. The molecule has 0 fully saturated rings. The largest absolute Gasteiger partial charge is 0.386 e. The Hall–Kier alpha value is -3.32. The van der Waals surface area contributed by atoms with E-state index in [0.717, 1.165) is 0 Å². The zero-order chi connectivity index (χ0) is 23.0. The zero-order valence-electron chi connectivity index (χ0n) is 17.6. The van der Waals surface area contributed by atoms with Crippen LogP contribution >= 0.6 is 11.6 Å². The van der Waals surface area contributed by atoms with E-state index in [4.69, 9.17) is 11.6 Å². The number of anilines is 2. The van der Waals surface area contributed by atoms with Crippen molar-refractivity contribution in [1.29, 1.82) is 0 Å². The minimum absolute atomic E-state index is 0.0814. The second-order valence-electron chi connectivity index (χ2n) is 6.50. The summed E-state index contributed by atoms with van der Waals surface area (Å²) >= 11 is 6.08. The number of allylic oxidation sites excluding steroid dienone is 2. The molecule has 162 valence electrons. The van der Waals surface area contributed by atoms with Crippen LogP contribution in [0.2, 0.25) is 5.02 Å². The fraction of sp³-hybridized carbons (Fsp3) is 0.174. The molecule has 2 N–H and O–H groups in total. The highest BCUT2D eigenvalue weighted by atomic mass is 35.5. The second kappa shape index (κ2) is 11.2. The van der Waals surface area contributed by atoms with Gasteiger partial charge in [-0.2, -0.15) is 0 Å². The molecule has 31 heavy (non-hydrogen) atoms. The third kappa shape index (κ3) is 6.08. The van der Waals surface area contributed by atoms with Gasteiger partial charge in [0.05, 0.1) is 16.4 Å². The van der Waals surface area contributed by atoms with E-state index in [1.54, 1.807) is 44.3 Å². The van der Waals surface area contributed by atoms with Crippen LogP contribution in [0.3, 0.4) is 0 Å². The van der Waals surface area contributed by atoms with Crippen LogP contribution < -0.4 is 10.6 Å². The summed E-state index contributed by atoms with van der Waals surface area (Å²) in [7, 11) is 1.52. The first-order chi connectivity index (χ1) is 14.8. The van der Waals surface area contributed by atoms with Crippen molar-refractivity contribution in [3.63, 3.8) is 0 Å². The summed E-state index contributed by atoms with van der Waals surface area (Å²) in [5.74, 6) is -1.46. The van der Waals surface area contributed by atoms with Gasteiger partial charge in [0.25, 0.3) is 0 Å². The number of aliphatic imine (C=N–C) groups is 2. The maximum Gasteiger partial charge on any atom is 0.182 e. The Balaban J connectivity index is 2.35. The summed E-state index contributed by atoms with van der Waals surface area (Å²) < 4.78 is 28.4. The van der Waals surface area contributed by atoms with Crippen LogP contribution in [0, 0.1) is 11.6 Å². The summed E-state index contributed by atoms with van der Waals surface area (Å²) in [4.78, 5) is 19.6. The van der Waals surface area contributed by atoms with E-state index in [1.165, 1.54) is 25.4 Å². The van der Waals surface area contributed by atoms with Crippen LogP contribution in [0.25, 0.3) is 5.57 Å². The molecule has 0 aromatic heterocycles. The van der Waals surface area contributed by atoms with Gasteiger partial charge in [-0.15, -0.1) is 0 Å². The number of nitrogens with one attached hydrogen (secondary N) is 2. The number of carbonyl (C=O) groups excluding carboxylic acids is 1. The van der Waals surface area contributed by atoms with Crippen molar-refractivity contribution in [3.05, 3.63) is 76.6 Å². The minimum atomic E-state index is -0.945. The predicted molar refractivity (Wildman–Crippen MR) is 125 cm³/mol. The van der Waals surface area contributed by atoms with Gasteiger partial charge in [0, 0.05) is 36.3 Å². The molecule has 0 bridgehead atoms. The molecule has 8 heteroatoms. The maximum absolute atomic E-state index is 14.3. The number of amidine groups is 1. The van der Waals surface area contributed by atoms with Gasteiger partial charge in [-0.05, 0) is 56.7 Å². The molecular weight excluding hydrogens is 422 g/mol. The molecule has 0 spiro atoms. The van der Waals surface area contributed by atoms with Gasteiger partial charge in [-0.3, -0.25) is 9.79 Å². The van der Waals surface area contributed by atoms with E-state index in [-0.39, 0.29) is 11.3 Å². The van der Waals surface area contributed by atoms with Gasteiger partial charge < -0.3 is 10.6 Å². The summed E-state index contributed by atoms with van der Waals surface area (Å²) in [6.07, 6.45) is 5.46.